The van der Waals surface area contributed by atoms with Crippen molar-refractivity contribution >= 4 is 32.4 Å². The third-order valence-electron chi connectivity index (χ3n) is 3.66. The zero-order chi connectivity index (χ0) is 18.8. The molecular weight excluding hydrogens is 384 g/mol. The molecule has 0 unspecified atom stereocenters. The first-order chi connectivity index (χ1) is 11.5. The minimum absolute atomic E-state index is 0.0811. The van der Waals surface area contributed by atoms with Crippen LogP contribution >= 0.6 is 0 Å². The summed E-state index contributed by atoms with van der Waals surface area (Å²) in [4.78, 5) is 25.5. The number of hydroxylamine groups is 2. The number of nitrogens with zero attached hydrogens (tertiary/aromatic N) is 2. The van der Waals surface area contributed by atoms with E-state index in [1.807, 2.05) is 4.72 Å². The summed E-state index contributed by atoms with van der Waals surface area (Å²) in [7, 11) is -8.68. The molecule has 0 aromatic heterocycles. The fourth-order valence-corrected chi connectivity index (χ4v) is 3.45. The van der Waals surface area contributed by atoms with Crippen LogP contribution in [-0.2, 0) is 34.4 Å². The molecule has 0 aromatic rings. The fraction of sp³-hybridized carbons (Fsp3) is 0.800. The predicted molar refractivity (Wildman–Crippen MR) is 80.3 cm³/mol. The molecule has 2 atom stereocenters. The molecule has 0 aromatic carbocycles. The third-order valence-corrected chi connectivity index (χ3v) is 4.62. The first-order valence-electron chi connectivity index (χ1n) is 7.12. The van der Waals surface area contributed by atoms with Gasteiger partial charge in [0, 0.05) is 13.1 Å². The molecule has 2 aliphatic rings. The van der Waals surface area contributed by atoms with Crippen LogP contribution in [0.5, 0.6) is 0 Å². The van der Waals surface area contributed by atoms with Crippen LogP contribution in [0.3, 0.4) is 0 Å². The number of Topliss-reactive ketones (excluding diaryl/α,β-unsaturated/α-hetero) is 1. The van der Waals surface area contributed by atoms with Gasteiger partial charge in [-0.3, -0.25) is 9.35 Å². The highest BCUT2D eigenvalue weighted by molar-refractivity contribution is 7.87. The molecule has 2 aliphatic heterocycles. The Morgan fingerprint density at radius 3 is 2.60 bits per heavy atom. The van der Waals surface area contributed by atoms with E-state index in [1.54, 1.807) is 0 Å². The number of nitrogens with one attached hydrogen (secondary N) is 1. The van der Waals surface area contributed by atoms with Crippen LogP contribution in [0.15, 0.2) is 0 Å². The van der Waals surface area contributed by atoms with Crippen LogP contribution in [0.1, 0.15) is 12.8 Å². The number of fused-ring (bicyclic) bond motifs is 2. The number of carbonyl (C=O) groups is 2. The van der Waals surface area contributed by atoms with Crippen LogP contribution in [0, 0.1) is 0 Å². The van der Waals surface area contributed by atoms with Crippen LogP contribution in [-0.4, -0.2) is 81.6 Å². The maximum atomic E-state index is 12.2. The molecule has 2 amide bonds. The Bertz CT molecular complexity index is 737. The lowest BCUT2D eigenvalue weighted by atomic mass is 9.98. The maximum Gasteiger partial charge on any atom is 0.418 e. The van der Waals surface area contributed by atoms with Gasteiger partial charge in [0.15, 0.2) is 5.78 Å². The second-order valence-corrected chi connectivity index (χ2v) is 7.85. The molecule has 4 N–H and O–H groups in total. The third kappa shape index (κ3) is 5.56. The van der Waals surface area contributed by atoms with E-state index < -0.39 is 44.5 Å². The van der Waals surface area contributed by atoms with E-state index in [2.05, 4.69) is 4.28 Å². The molecule has 0 spiro atoms. The van der Waals surface area contributed by atoms with Gasteiger partial charge in [-0.05, 0) is 12.8 Å². The zero-order valence-electron chi connectivity index (χ0n) is 12.9. The Hall–Kier alpha value is -1.36. The highest BCUT2D eigenvalue weighted by Crippen LogP contribution is 2.30. The highest BCUT2D eigenvalue weighted by atomic mass is 32.3. The van der Waals surface area contributed by atoms with Crippen molar-refractivity contribution in [2.24, 2.45) is 5.14 Å². The molecule has 13 nitrogen and oxygen atoms in total. The summed E-state index contributed by atoms with van der Waals surface area (Å²) >= 11 is 0. The quantitative estimate of drug-likeness (QED) is 0.274. The highest BCUT2D eigenvalue weighted by Gasteiger charge is 2.49. The Kier molecular flexibility index (Phi) is 5.97. The van der Waals surface area contributed by atoms with Gasteiger partial charge >= 0.3 is 16.4 Å². The first-order valence-corrected chi connectivity index (χ1v) is 10.0. The van der Waals surface area contributed by atoms with Gasteiger partial charge in [0.05, 0.1) is 18.7 Å². The van der Waals surface area contributed by atoms with E-state index >= 15 is 0 Å². The van der Waals surface area contributed by atoms with E-state index in [0.29, 0.717) is 11.5 Å². The number of amides is 2. The summed E-state index contributed by atoms with van der Waals surface area (Å²) in [5.41, 5.74) is 0. The SMILES string of the molecule is NS(=O)(=O)NCCOCC(=O)[C@@H]1CC[C@@H]2CN1C(=O)N2OS(=O)(=O)O. The van der Waals surface area contributed by atoms with Crippen molar-refractivity contribution in [3.8, 4) is 0 Å². The monoisotopic (exact) mass is 402 g/mol. The lowest BCUT2D eigenvalue weighted by molar-refractivity contribution is -0.128. The average Bonchev–Trinajstić information content (AvgIpc) is 2.69. The molecule has 144 valence electrons. The minimum atomic E-state index is -4.85. The number of urea groups is 1. The molecule has 2 rings (SSSR count). The molecule has 2 bridgehead atoms. The summed E-state index contributed by atoms with van der Waals surface area (Å²) in [5, 5.41) is 5.27. The van der Waals surface area contributed by atoms with Crippen LogP contribution in [0.4, 0.5) is 4.79 Å². The van der Waals surface area contributed by atoms with Gasteiger partial charge in [-0.15, -0.1) is 4.28 Å². The molecule has 2 saturated heterocycles. The first kappa shape index (κ1) is 20.0. The van der Waals surface area contributed by atoms with Crippen LogP contribution < -0.4 is 9.86 Å². The van der Waals surface area contributed by atoms with E-state index in [-0.39, 0.29) is 32.7 Å². The van der Waals surface area contributed by atoms with Crippen molar-refractivity contribution in [2.45, 2.75) is 24.9 Å². The molecule has 0 radical (unpaired) electrons. The zero-order valence-corrected chi connectivity index (χ0v) is 14.5. The van der Waals surface area contributed by atoms with Crippen molar-refractivity contribution in [3.05, 3.63) is 0 Å². The fourth-order valence-electron chi connectivity index (χ4n) is 2.69. The van der Waals surface area contributed by atoms with E-state index in [0.717, 1.165) is 4.90 Å². The normalized spacial score (nSPS) is 24.0. The summed E-state index contributed by atoms with van der Waals surface area (Å²) in [5.74, 6) is -0.420. The summed E-state index contributed by atoms with van der Waals surface area (Å²) in [6, 6.07) is -2.24. The molecule has 25 heavy (non-hydrogen) atoms. The number of hydrogen-bond acceptors (Lipinski definition) is 8. The van der Waals surface area contributed by atoms with Gasteiger partial charge in [0.25, 0.3) is 10.2 Å². The molecule has 2 fully saturated rings. The second-order valence-electron chi connectivity index (χ2n) is 5.47. The number of ether oxygens (including phenoxy) is 1. The molecular formula is C10H18N4O9S2. The molecule has 0 saturated carbocycles. The Balaban J connectivity index is 1.85. The summed E-state index contributed by atoms with van der Waals surface area (Å²) in [6.07, 6.45) is 0.584. The topological polar surface area (TPSA) is 186 Å². The minimum Gasteiger partial charge on any atom is -0.372 e. The Labute approximate surface area is 144 Å². The maximum absolute atomic E-state index is 12.2. The van der Waals surface area contributed by atoms with Gasteiger partial charge in [-0.25, -0.2) is 14.7 Å². The predicted octanol–water partition coefficient (Wildman–Crippen LogP) is -2.63. The van der Waals surface area contributed by atoms with Gasteiger partial charge in [-0.1, -0.05) is 0 Å². The number of rotatable bonds is 9. The van der Waals surface area contributed by atoms with E-state index in [4.69, 9.17) is 14.4 Å². The largest absolute Gasteiger partial charge is 0.418 e. The van der Waals surface area contributed by atoms with Gasteiger partial charge in [0.2, 0.25) is 0 Å². The molecule has 2 heterocycles. The van der Waals surface area contributed by atoms with Crippen molar-refractivity contribution in [1.82, 2.24) is 14.7 Å². The Morgan fingerprint density at radius 1 is 1.32 bits per heavy atom. The van der Waals surface area contributed by atoms with Gasteiger partial charge in [-0.2, -0.15) is 21.9 Å². The second kappa shape index (κ2) is 7.48. The smallest absolute Gasteiger partial charge is 0.372 e. The van der Waals surface area contributed by atoms with E-state index in [1.165, 1.54) is 0 Å². The summed E-state index contributed by atoms with van der Waals surface area (Å²) < 4.78 is 62.9. The summed E-state index contributed by atoms with van der Waals surface area (Å²) in [6.45, 7) is -0.483. The number of hydrogen-bond donors (Lipinski definition) is 3. The van der Waals surface area contributed by atoms with Crippen molar-refractivity contribution in [2.75, 3.05) is 26.3 Å². The van der Waals surface area contributed by atoms with Crippen molar-refractivity contribution in [3.63, 3.8) is 0 Å². The van der Waals surface area contributed by atoms with Crippen molar-refractivity contribution < 1.29 is 40.0 Å². The lowest BCUT2D eigenvalue weighted by Crippen LogP contribution is -2.46. The number of ketones is 1. The number of piperidine rings is 1. The van der Waals surface area contributed by atoms with Crippen LogP contribution in [0.25, 0.3) is 0 Å². The molecule has 15 heteroatoms. The standard InChI is InChI=1S/C10H18N4O9S2/c11-24(17,18)12-3-4-22-6-9(15)8-2-1-7-5-13(8)10(16)14(7)23-25(19,20)21/h7-8,12H,1-6H2,(H2,11,17,18)(H,19,20,21)/t7-,8+/m1/s1. The van der Waals surface area contributed by atoms with Crippen molar-refractivity contribution in [1.29, 1.82) is 0 Å². The lowest BCUT2D eigenvalue weighted by Gasteiger charge is -2.29. The van der Waals surface area contributed by atoms with Crippen LogP contribution in [0.2, 0.25) is 0 Å². The molecule has 0 aliphatic carbocycles. The number of nitrogens with two attached hydrogens (primary N) is 1. The average molecular weight is 402 g/mol. The van der Waals surface area contributed by atoms with E-state index in [9.17, 15) is 26.4 Å². The van der Waals surface area contributed by atoms with Gasteiger partial charge < -0.3 is 9.64 Å². The number of carbonyl (C=O) groups excluding carboxylic acids is 2. The Morgan fingerprint density at radius 2 is 2.00 bits per heavy atom. The van der Waals surface area contributed by atoms with Gasteiger partial charge in [0.1, 0.15) is 6.61 Å².